The molecule has 1 N–H and O–H groups in total. The standard InChI is InChI=1S/C15H22N2O2S/c18-20(19,14-7-2-1-3-8-14)17-11-10-16-12-13-6-4-5-9-15(13)17/h4-6,9,14,16H,1-3,7-8,10-12H2. The summed E-state index contributed by atoms with van der Waals surface area (Å²) in [6, 6.07) is 7.84. The largest absolute Gasteiger partial charge is 0.311 e. The molecule has 0 aromatic heterocycles. The van der Waals surface area contributed by atoms with Gasteiger partial charge in [0, 0.05) is 19.6 Å². The molecular formula is C15H22N2O2S. The molecule has 2 aliphatic rings. The monoisotopic (exact) mass is 294 g/mol. The molecule has 20 heavy (non-hydrogen) atoms. The Hall–Kier alpha value is -1.07. The second-order valence-electron chi connectivity index (χ2n) is 5.68. The molecular weight excluding hydrogens is 272 g/mol. The summed E-state index contributed by atoms with van der Waals surface area (Å²) in [7, 11) is -3.23. The number of nitrogens with one attached hydrogen (secondary N) is 1. The zero-order valence-electron chi connectivity index (χ0n) is 11.7. The van der Waals surface area contributed by atoms with E-state index in [9.17, 15) is 8.42 Å². The van der Waals surface area contributed by atoms with Crippen LogP contribution in [0.1, 0.15) is 37.7 Å². The van der Waals surface area contributed by atoms with E-state index in [1.165, 1.54) is 6.42 Å². The molecule has 1 saturated carbocycles. The van der Waals surface area contributed by atoms with Crippen LogP contribution in [0, 0.1) is 0 Å². The number of fused-ring (bicyclic) bond motifs is 1. The molecule has 0 radical (unpaired) electrons. The van der Waals surface area contributed by atoms with Crippen molar-refractivity contribution in [3.8, 4) is 0 Å². The summed E-state index contributed by atoms with van der Waals surface area (Å²) in [4.78, 5) is 0. The van der Waals surface area contributed by atoms with Crippen LogP contribution in [-0.2, 0) is 16.6 Å². The minimum absolute atomic E-state index is 0.192. The van der Waals surface area contributed by atoms with Crippen molar-refractivity contribution in [3.05, 3.63) is 29.8 Å². The molecule has 3 rings (SSSR count). The Balaban J connectivity index is 1.96. The molecule has 0 saturated heterocycles. The van der Waals surface area contributed by atoms with Crippen molar-refractivity contribution in [1.29, 1.82) is 0 Å². The first-order chi connectivity index (χ1) is 9.69. The third kappa shape index (κ3) is 2.56. The molecule has 1 aromatic carbocycles. The van der Waals surface area contributed by atoms with E-state index in [1.807, 2.05) is 24.3 Å². The van der Waals surface area contributed by atoms with Crippen LogP contribution in [0.2, 0.25) is 0 Å². The van der Waals surface area contributed by atoms with Crippen LogP contribution in [0.4, 0.5) is 5.69 Å². The molecule has 1 heterocycles. The van der Waals surface area contributed by atoms with Gasteiger partial charge in [0.2, 0.25) is 10.0 Å². The molecule has 0 bridgehead atoms. The molecule has 0 spiro atoms. The molecule has 1 aromatic rings. The van der Waals surface area contributed by atoms with Crippen LogP contribution in [0.3, 0.4) is 0 Å². The third-order valence-corrected chi connectivity index (χ3v) is 6.66. The average molecular weight is 294 g/mol. The number of benzene rings is 1. The summed E-state index contributed by atoms with van der Waals surface area (Å²) < 4.78 is 27.6. The van der Waals surface area contributed by atoms with Crippen LogP contribution in [0.15, 0.2) is 24.3 Å². The summed E-state index contributed by atoms with van der Waals surface area (Å²) in [6.07, 6.45) is 4.88. The summed E-state index contributed by atoms with van der Waals surface area (Å²) in [5.74, 6) is 0. The van der Waals surface area contributed by atoms with Gasteiger partial charge in [0.1, 0.15) is 0 Å². The van der Waals surface area contributed by atoms with Gasteiger partial charge < -0.3 is 5.32 Å². The van der Waals surface area contributed by atoms with Gasteiger partial charge in [-0.1, -0.05) is 37.5 Å². The van der Waals surface area contributed by atoms with Crippen molar-refractivity contribution in [1.82, 2.24) is 5.32 Å². The van der Waals surface area contributed by atoms with Gasteiger partial charge in [-0.3, -0.25) is 4.31 Å². The Bertz CT molecular complexity index is 565. The van der Waals surface area contributed by atoms with E-state index in [1.54, 1.807) is 4.31 Å². The van der Waals surface area contributed by atoms with Crippen LogP contribution in [0.25, 0.3) is 0 Å². The van der Waals surface area contributed by atoms with Gasteiger partial charge in [-0.15, -0.1) is 0 Å². The molecule has 0 atom stereocenters. The lowest BCUT2D eigenvalue weighted by Gasteiger charge is -2.31. The van der Waals surface area contributed by atoms with Gasteiger partial charge in [-0.25, -0.2) is 8.42 Å². The van der Waals surface area contributed by atoms with Gasteiger partial charge in [-0.05, 0) is 24.5 Å². The predicted molar refractivity (Wildman–Crippen MR) is 81.3 cm³/mol. The van der Waals surface area contributed by atoms with Gasteiger partial charge in [0.05, 0.1) is 10.9 Å². The maximum Gasteiger partial charge on any atom is 0.238 e. The molecule has 1 aliphatic carbocycles. The van der Waals surface area contributed by atoms with Crippen molar-refractivity contribution in [3.63, 3.8) is 0 Å². The Morgan fingerprint density at radius 3 is 2.65 bits per heavy atom. The van der Waals surface area contributed by atoms with Crippen molar-refractivity contribution in [2.75, 3.05) is 17.4 Å². The second-order valence-corrected chi connectivity index (χ2v) is 7.82. The smallest absolute Gasteiger partial charge is 0.238 e. The van der Waals surface area contributed by atoms with E-state index in [4.69, 9.17) is 0 Å². The van der Waals surface area contributed by atoms with Gasteiger partial charge in [0.15, 0.2) is 0 Å². The van der Waals surface area contributed by atoms with Crippen LogP contribution in [-0.4, -0.2) is 26.8 Å². The van der Waals surface area contributed by atoms with E-state index in [0.717, 1.165) is 43.5 Å². The number of nitrogens with zero attached hydrogens (tertiary/aromatic N) is 1. The number of hydrogen-bond acceptors (Lipinski definition) is 3. The quantitative estimate of drug-likeness (QED) is 0.910. The highest BCUT2D eigenvalue weighted by molar-refractivity contribution is 7.93. The summed E-state index contributed by atoms with van der Waals surface area (Å²) in [6.45, 7) is 1.99. The Labute approximate surface area is 121 Å². The van der Waals surface area contributed by atoms with Crippen molar-refractivity contribution < 1.29 is 8.42 Å². The SMILES string of the molecule is O=S(=O)(C1CCCCC1)N1CCNCc2ccccc21. The highest BCUT2D eigenvalue weighted by Gasteiger charge is 2.34. The fourth-order valence-electron chi connectivity index (χ4n) is 3.23. The Morgan fingerprint density at radius 1 is 1.10 bits per heavy atom. The fraction of sp³-hybridized carbons (Fsp3) is 0.600. The Morgan fingerprint density at radius 2 is 1.85 bits per heavy atom. The zero-order valence-corrected chi connectivity index (χ0v) is 12.5. The lowest BCUT2D eigenvalue weighted by atomic mass is 10.0. The normalized spacial score (nSPS) is 21.3. The van der Waals surface area contributed by atoms with E-state index in [2.05, 4.69) is 5.32 Å². The van der Waals surface area contributed by atoms with Crippen molar-refractivity contribution in [2.24, 2.45) is 0 Å². The molecule has 1 fully saturated rings. The molecule has 110 valence electrons. The topological polar surface area (TPSA) is 49.4 Å². The molecule has 1 aliphatic heterocycles. The van der Waals surface area contributed by atoms with Crippen LogP contribution >= 0.6 is 0 Å². The highest BCUT2D eigenvalue weighted by Crippen LogP contribution is 2.31. The average Bonchev–Trinajstić information content (AvgIpc) is 2.71. The lowest BCUT2D eigenvalue weighted by Crippen LogP contribution is -2.42. The summed E-state index contributed by atoms with van der Waals surface area (Å²) in [5.41, 5.74) is 1.94. The second kappa shape index (κ2) is 5.74. The lowest BCUT2D eigenvalue weighted by molar-refractivity contribution is 0.481. The highest BCUT2D eigenvalue weighted by atomic mass is 32.2. The van der Waals surface area contributed by atoms with E-state index < -0.39 is 10.0 Å². The number of para-hydroxylation sites is 1. The first-order valence-electron chi connectivity index (χ1n) is 7.50. The minimum Gasteiger partial charge on any atom is -0.311 e. The van der Waals surface area contributed by atoms with E-state index >= 15 is 0 Å². The maximum atomic E-state index is 13.0. The molecule has 5 heteroatoms. The molecule has 0 unspecified atom stereocenters. The fourth-order valence-corrected chi connectivity index (χ4v) is 5.32. The van der Waals surface area contributed by atoms with Crippen molar-refractivity contribution in [2.45, 2.75) is 43.9 Å². The van der Waals surface area contributed by atoms with E-state index in [0.29, 0.717) is 13.1 Å². The zero-order chi connectivity index (χ0) is 14.0. The first kappa shape index (κ1) is 13.9. The van der Waals surface area contributed by atoms with Crippen molar-refractivity contribution >= 4 is 15.7 Å². The van der Waals surface area contributed by atoms with Gasteiger partial charge in [0.25, 0.3) is 0 Å². The van der Waals surface area contributed by atoms with Gasteiger partial charge >= 0.3 is 0 Å². The first-order valence-corrected chi connectivity index (χ1v) is 9.00. The van der Waals surface area contributed by atoms with Crippen LogP contribution < -0.4 is 9.62 Å². The summed E-state index contributed by atoms with van der Waals surface area (Å²) in [5, 5.41) is 3.11. The van der Waals surface area contributed by atoms with Gasteiger partial charge in [-0.2, -0.15) is 0 Å². The molecule has 0 amide bonds. The number of sulfonamides is 1. The van der Waals surface area contributed by atoms with Crippen LogP contribution in [0.5, 0.6) is 0 Å². The number of hydrogen-bond donors (Lipinski definition) is 1. The van der Waals surface area contributed by atoms with E-state index in [-0.39, 0.29) is 5.25 Å². The maximum absolute atomic E-state index is 13.0. The summed E-state index contributed by atoms with van der Waals surface area (Å²) >= 11 is 0. The Kier molecular flexibility index (Phi) is 3.98. The predicted octanol–water partition coefficient (Wildman–Crippen LogP) is 2.26. The minimum atomic E-state index is -3.23. The third-order valence-electron chi connectivity index (χ3n) is 4.35. The number of rotatable bonds is 2. The molecule has 4 nitrogen and oxygen atoms in total. The number of anilines is 1.